The van der Waals surface area contributed by atoms with E-state index >= 15 is 0 Å². The van der Waals surface area contributed by atoms with Crippen LogP contribution in [0.2, 0.25) is 0 Å². The molecule has 0 aromatic carbocycles. The summed E-state index contributed by atoms with van der Waals surface area (Å²) >= 11 is 0. The number of aromatic nitrogens is 2. The number of hydrogen-bond acceptors (Lipinski definition) is 2. The molecule has 0 aliphatic heterocycles. The second-order valence-electron chi connectivity index (χ2n) is 3.00. The van der Waals surface area contributed by atoms with E-state index in [1.165, 1.54) is 5.56 Å². The summed E-state index contributed by atoms with van der Waals surface area (Å²) in [6.45, 7) is 9.46. The quantitative estimate of drug-likeness (QED) is 0.677. The van der Waals surface area contributed by atoms with Crippen LogP contribution >= 0.6 is 0 Å². The Balaban J connectivity index is 2.50. The van der Waals surface area contributed by atoms with Gasteiger partial charge in [0.15, 0.2) is 0 Å². The van der Waals surface area contributed by atoms with Crippen LogP contribution in [0.25, 0.3) is 0 Å². The standard InChI is InChI=1S/C9H17N3/c1-4-11(5-2)8-12-7-9(3)6-10-12/h6-7H,4-5,8H2,1-3H3. The summed E-state index contributed by atoms with van der Waals surface area (Å²) in [4.78, 5) is 2.33. The molecule has 0 aliphatic carbocycles. The topological polar surface area (TPSA) is 21.1 Å². The monoisotopic (exact) mass is 167 g/mol. The van der Waals surface area contributed by atoms with E-state index in [0.29, 0.717) is 0 Å². The minimum Gasteiger partial charge on any atom is -0.285 e. The average molecular weight is 167 g/mol. The van der Waals surface area contributed by atoms with E-state index in [4.69, 9.17) is 0 Å². The summed E-state index contributed by atoms with van der Waals surface area (Å²) in [6, 6.07) is 0. The average Bonchev–Trinajstić information content (AvgIpc) is 2.47. The van der Waals surface area contributed by atoms with Crippen molar-refractivity contribution in [2.75, 3.05) is 13.1 Å². The van der Waals surface area contributed by atoms with E-state index in [9.17, 15) is 0 Å². The molecule has 68 valence electrons. The third-order valence-corrected chi connectivity index (χ3v) is 2.00. The fourth-order valence-electron chi connectivity index (χ4n) is 1.17. The van der Waals surface area contributed by atoms with Gasteiger partial charge in [0.05, 0.1) is 12.9 Å². The summed E-state index contributed by atoms with van der Waals surface area (Å²) < 4.78 is 1.97. The molecule has 0 amide bonds. The maximum absolute atomic E-state index is 4.23. The predicted octanol–water partition coefficient (Wildman–Crippen LogP) is 1.49. The first kappa shape index (κ1) is 9.26. The lowest BCUT2D eigenvalue weighted by Crippen LogP contribution is -2.26. The van der Waals surface area contributed by atoms with Gasteiger partial charge in [-0.2, -0.15) is 5.10 Å². The molecule has 0 fully saturated rings. The summed E-state index contributed by atoms with van der Waals surface area (Å²) in [5, 5.41) is 4.23. The van der Waals surface area contributed by atoms with Gasteiger partial charge in [-0.05, 0) is 25.6 Å². The van der Waals surface area contributed by atoms with Crippen LogP contribution in [0.3, 0.4) is 0 Å². The predicted molar refractivity (Wildman–Crippen MR) is 49.9 cm³/mol. The maximum Gasteiger partial charge on any atom is 0.0928 e. The molecule has 0 radical (unpaired) electrons. The second-order valence-corrected chi connectivity index (χ2v) is 3.00. The molecule has 0 saturated carbocycles. The van der Waals surface area contributed by atoms with Crippen molar-refractivity contribution in [1.29, 1.82) is 0 Å². The third-order valence-electron chi connectivity index (χ3n) is 2.00. The lowest BCUT2D eigenvalue weighted by Gasteiger charge is -2.17. The van der Waals surface area contributed by atoms with Gasteiger partial charge in [0.1, 0.15) is 0 Å². The van der Waals surface area contributed by atoms with Crippen LogP contribution in [0.1, 0.15) is 19.4 Å². The van der Waals surface area contributed by atoms with Crippen LogP contribution in [0, 0.1) is 6.92 Å². The number of rotatable bonds is 4. The normalized spacial score (nSPS) is 11.0. The second kappa shape index (κ2) is 4.26. The molecule has 0 saturated heterocycles. The molecular formula is C9H17N3. The van der Waals surface area contributed by atoms with Crippen LogP contribution in [-0.2, 0) is 6.67 Å². The zero-order valence-corrected chi connectivity index (χ0v) is 8.12. The first-order valence-electron chi connectivity index (χ1n) is 4.47. The van der Waals surface area contributed by atoms with Crippen LogP contribution in [0.4, 0.5) is 0 Å². The number of nitrogens with zero attached hydrogens (tertiary/aromatic N) is 3. The molecule has 3 heteroatoms. The maximum atomic E-state index is 4.23. The highest BCUT2D eigenvalue weighted by Gasteiger charge is 1.99. The molecule has 0 aliphatic rings. The molecule has 0 atom stereocenters. The summed E-state index contributed by atoms with van der Waals surface area (Å²) in [7, 11) is 0. The first-order chi connectivity index (χ1) is 5.76. The number of hydrogen-bond donors (Lipinski definition) is 0. The molecule has 0 unspecified atom stereocenters. The molecular weight excluding hydrogens is 150 g/mol. The molecule has 0 N–H and O–H groups in total. The molecule has 0 bridgehead atoms. The van der Waals surface area contributed by atoms with Crippen molar-refractivity contribution in [1.82, 2.24) is 14.7 Å². The molecule has 0 spiro atoms. The summed E-state index contributed by atoms with van der Waals surface area (Å²) in [5.74, 6) is 0. The van der Waals surface area contributed by atoms with Crippen LogP contribution in [-0.4, -0.2) is 27.8 Å². The van der Waals surface area contributed by atoms with Gasteiger partial charge in [-0.3, -0.25) is 9.58 Å². The van der Waals surface area contributed by atoms with Gasteiger partial charge in [-0.25, -0.2) is 0 Å². The van der Waals surface area contributed by atoms with Gasteiger partial charge in [-0.15, -0.1) is 0 Å². The van der Waals surface area contributed by atoms with Gasteiger partial charge in [0, 0.05) is 6.20 Å². The molecule has 1 rings (SSSR count). The van der Waals surface area contributed by atoms with Crippen molar-refractivity contribution < 1.29 is 0 Å². The van der Waals surface area contributed by atoms with E-state index in [1.54, 1.807) is 0 Å². The van der Waals surface area contributed by atoms with Crippen molar-refractivity contribution >= 4 is 0 Å². The first-order valence-corrected chi connectivity index (χ1v) is 4.47. The van der Waals surface area contributed by atoms with Crippen molar-refractivity contribution in [3.05, 3.63) is 18.0 Å². The molecule has 1 aromatic rings. The van der Waals surface area contributed by atoms with Crippen LogP contribution < -0.4 is 0 Å². The summed E-state index contributed by atoms with van der Waals surface area (Å²) in [5.41, 5.74) is 1.22. The third kappa shape index (κ3) is 2.34. The Bertz CT molecular complexity index is 225. The fourth-order valence-corrected chi connectivity index (χ4v) is 1.17. The lowest BCUT2D eigenvalue weighted by molar-refractivity contribution is 0.229. The Morgan fingerprint density at radius 1 is 1.42 bits per heavy atom. The number of aryl methyl sites for hydroxylation is 1. The summed E-state index contributed by atoms with van der Waals surface area (Å²) in [6.07, 6.45) is 3.96. The van der Waals surface area contributed by atoms with E-state index in [-0.39, 0.29) is 0 Å². The smallest absolute Gasteiger partial charge is 0.0928 e. The highest BCUT2D eigenvalue weighted by Crippen LogP contribution is 1.96. The Hall–Kier alpha value is -0.830. The van der Waals surface area contributed by atoms with Gasteiger partial charge in [0.25, 0.3) is 0 Å². The van der Waals surface area contributed by atoms with Crippen molar-refractivity contribution in [3.63, 3.8) is 0 Å². The van der Waals surface area contributed by atoms with Crippen molar-refractivity contribution in [2.45, 2.75) is 27.4 Å². The van der Waals surface area contributed by atoms with Gasteiger partial charge >= 0.3 is 0 Å². The molecule has 1 heterocycles. The minimum atomic E-state index is 0.904. The highest BCUT2D eigenvalue weighted by molar-refractivity contribution is 4.99. The Morgan fingerprint density at radius 3 is 2.50 bits per heavy atom. The molecule has 1 aromatic heterocycles. The van der Waals surface area contributed by atoms with Gasteiger partial charge in [-0.1, -0.05) is 13.8 Å². The van der Waals surface area contributed by atoms with Crippen LogP contribution in [0.5, 0.6) is 0 Å². The van der Waals surface area contributed by atoms with Crippen molar-refractivity contribution in [3.8, 4) is 0 Å². The zero-order valence-electron chi connectivity index (χ0n) is 8.12. The largest absolute Gasteiger partial charge is 0.285 e. The Morgan fingerprint density at radius 2 is 2.08 bits per heavy atom. The fraction of sp³-hybridized carbons (Fsp3) is 0.667. The van der Waals surface area contributed by atoms with Gasteiger partial charge < -0.3 is 0 Å². The van der Waals surface area contributed by atoms with Gasteiger partial charge in [0.2, 0.25) is 0 Å². The van der Waals surface area contributed by atoms with E-state index in [0.717, 1.165) is 19.8 Å². The van der Waals surface area contributed by atoms with E-state index in [1.807, 2.05) is 10.9 Å². The zero-order chi connectivity index (χ0) is 8.97. The van der Waals surface area contributed by atoms with Crippen LogP contribution in [0.15, 0.2) is 12.4 Å². The highest BCUT2D eigenvalue weighted by atomic mass is 15.4. The van der Waals surface area contributed by atoms with E-state index < -0.39 is 0 Å². The Kier molecular flexibility index (Phi) is 3.29. The van der Waals surface area contributed by atoms with Crippen molar-refractivity contribution in [2.24, 2.45) is 0 Å². The Labute approximate surface area is 74.0 Å². The van der Waals surface area contributed by atoms with E-state index in [2.05, 4.69) is 37.0 Å². The molecule has 3 nitrogen and oxygen atoms in total. The minimum absolute atomic E-state index is 0.904. The SMILES string of the molecule is CCN(CC)Cn1cc(C)cn1. The lowest BCUT2D eigenvalue weighted by atomic mass is 10.4. The molecule has 12 heavy (non-hydrogen) atoms.